The maximum absolute atomic E-state index is 6.09. The van der Waals surface area contributed by atoms with Crippen LogP contribution in [0.2, 0.25) is 0 Å². The summed E-state index contributed by atoms with van der Waals surface area (Å²) in [7, 11) is 0. The summed E-state index contributed by atoms with van der Waals surface area (Å²) in [5.74, 6) is 1.68. The first-order valence-corrected chi connectivity index (χ1v) is 8.31. The molecule has 3 nitrogen and oxygen atoms in total. The van der Waals surface area contributed by atoms with Crippen molar-refractivity contribution in [3.8, 4) is 0 Å². The van der Waals surface area contributed by atoms with Gasteiger partial charge < -0.3 is 16.0 Å². The van der Waals surface area contributed by atoms with Gasteiger partial charge in [0.2, 0.25) is 0 Å². The van der Waals surface area contributed by atoms with Crippen LogP contribution in [0.25, 0.3) is 21.8 Å². The van der Waals surface area contributed by atoms with Crippen molar-refractivity contribution < 1.29 is 0 Å². The molecule has 0 unspecified atom stereocenters. The third-order valence-electron chi connectivity index (χ3n) is 5.36. The molecule has 22 heavy (non-hydrogen) atoms. The highest BCUT2D eigenvalue weighted by atomic mass is 15.0. The second-order valence-electron chi connectivity index (χ2n) is 7.09. The number of fused-ring (bicyclic) bond motifs is 3. The standard InChI is InChI=1S/C19H21N3/c20-13-5-7-15-16-8-6-14(21)10-18(16)22(17(15)9-13)19(11-1-2-11)12-3-4-12/h5-12,19H,1-4,20-21H2. The number of hydrogen-bond acceptors (Lipinski definition) is 2. The third-order valence-corrected chi connectivity index (χ3v) is 5.36. The lowest BCUT2D eigenvalue weighted by Crippen LogP contribution is -2.13. The van der Waals surface area contributed by atoms with Crippen molar-refractivity contribution in [3.05, 3.63) is 36.4 Å². The van der Waals surface area contributed by atoms with Crippen LogP contribution >= 0.6 is 0 Å². The summed E-state index contributed by atoms with van der Waals surface area (Å²) in [6.45, 7) is 0. The van der Waals surface area contributed by atoms with E-state index in [9.17, 15) is 0 Å². The maximum Gasteiger partial charge on any atom is 0.0514 e. The molecule has 0 amide bonds. The Morgan fingerprint density at radius 3 is 1.64 bits per heavy atom. The molecular formula is C19H21N3. The van der Waals surface area contributed by atoms with Crippen LogP contribution in [0.1, 0.15) is 31.7 Å². The number of aromatic nitrogens is 1. The average Bonchev–Trinajstić information content (AvgIpc) is 3.39. The molecule has 3 heteroatoms. The minimum atomic E-state index is 0.628. The van der Waals surface area contributed by atoms with E-state index in [2.05, 4.69) is 28.8 Å². The molecule has 3 aromatic rings. The van der Waals surface area contributed by atoms with E-state index in [1.54, 1.807) is 0 Å². The lowest BCUT2D eigenvalue weighted by Gasteiger charge is -2.21. The number of nitrogens with two attached hydrogens (primary N) is 2. The molecule has 0 spiro atoms. The molecule has 1 aromatic heterocycles. The molecule has 112 valence electrons. The number of nitrogen functional groups attached to an aromatic ring is 2. The second kappa shape index (κ2) is 4.19. The third kappa shape index (κ3) is 1.75. The van der Waals surface area contributed by atoms with Gasteiger partial charge in [-0.25, -0.2) is 0 Å². The predicted molar refractivity (Wildman–Crippen MR) is 92.8 cm³/mol. The van der Waals surface area contributed by atoms with Gasteiger partial charge in [0.1, 0.15) is 0 Å². The van der Waals surface area contributed by atoms with Crippen LogP contribution < -0.4 is 11.5 Å². The van der Waals surface area contributed by atoms with Crippen LogP contribution in [0.15, 0.2) is 36.4 Å². The molecule has 0 saturated heterocycles. The number of benzene rings is 2. The van der Waals surface area contributed by atoms with Gasteiger partial charge in [-0.2, -0.15) is 0 Å². The lowest BCUT2D eigenvalue weighted by molar-refractivity contribution is 0.415. The van der Waals surface area contributed by atoms with Gasteiger partial charge in [0.05, 0.1) is 11.0 Å². The van der Waals surface area contributed by atoms with Crippen LogP contribution in [-0.2, 0) is 0 Å². The van der Waals surface area contributed by atoms with Gasteiger partial charge >= 0.3 is 0 Å². The predicted octanol–water partition coefficient (Wildman–Crippen LogP) is 4.32. The van der Waals surface area contributed by atoms with Crippen molar-refractivity contribution >= 4 is 33.2 Å². The Labute approximate surface area is 129 Å². The van der Waals surface area contributed by atoms with Crippen LogP contribution in [-0.4, -0.2) is 4.57 Å². The van der Waals surface area contributed by atoms with Crippen molar-refractivity contribution in [3.63, 3.8) is 0 Å². The summed E-state index contributed by atoms with van der Waals surface area (Å²) in [6, 6.07) is 13.3. The molecule has 0 aliphatic heterocycles. The Kier molecular flexibility index (Phi) is 2.36. The topological polar surface area (TPSA) is 57.0 Å². The van der Waals surface area contributed by atoms with Crippen molar-refractivity contribution in [1.29, 1.82) is 0 Å². The summed E-state index contributed by atoms with van der Waals surface area (Å²) < 4.78 is 2.56. The molecule has 5 rings (SSSR count). The highest BCUT2D eigenvalue weighted by Gasteiger charge is 2.43. The Balaban J connectivity index is 1.88. The molecule has 2 aliphatic rings. The van der Waals surface area contributed by atoms with Gasteiger partial charge in [-0.3, -0.25) is 0 Å². The van der Waals surface area contributed by atoms with Crippen molar-refractivity contribution in [2.75, 3.05) is 11.5 Å². The molecule has 0 radical (unpaired) electrons. The molecule has 2 fully saturated rings. The van der Waals surface area contributed by atoms with E-state index in [0.717, 1.165) is 23.2 Å². The van der Waals surface area contributed by atoms with Gasteiger partial charge in [-0.15, -0.1) is 0 Å². The summed E-state index contributed by atoms with van der Waals surface area (Å²) in [6.07, 6.45) is 5.47. The summed E-state index contributed by atoms with van der Waals surface area (Å²) in [5.41, 5.74) is 16.4. The smallest absolute Gasteiger partial charge is 0.0514 e. The highest BCUT2D eigenvalue weighted by molar-refractivity contribution is 6.09. The highest BCUT2D eigenvalue weighted by Crippen LogP contribution is 2.54. The van der Waals surface area contributed by atoms with Gasteiger partial charge in [0, 0.05) is 28.2 Å². The molecule has 2 saturated carbocycles. The molecule has 2 aromatic carbocycles. The maximum atomic E-state index is 6.09. The Hall–Kier alpha value is -2.16. The first kappa shape index (κ1) is 12.4. The number of hydrogen-bond donors (Lipinski definition) is 2. The van der Waals surface area contributed by atoms with Crippen LogP contribution in [0.4, 0.5) is 11.4 Å². The Morgan fingerprint density at radius 2 is 1.23 bits per heavy atom. The van der Waals surface area contributed by atoms with Crippen molar-refractivity contribution in [2.24, 2.45) is 11.8 Å². The van der Waals surface area contributed by atoms with E-state index >= 15 is 0 Å². The van der Waals surface area contributed by atoms with Crippen LogP contribution in [0, 0.1) is 11.8 Å². The van der Waals surface area contributed by atoms with E-state index in [1.165, 1.54) is 47.5 Å². The molecule has 0 bridgehead atoms. The molecule has 1 heterocycles. The number of anilines is 2. The second-order valence-corrected chi connectivity index (χ2v) is 7.09. The van der Waals surface area contributed by atoms with Crippen molar-refractivity contribution in [2.45, 2.75) is 31.7 Å². The molecular weight excluding hydrogens is 270 g/mol. The first-order chi connectivity index (χ1) is 10.7. The van der Waals surface area contributed by atoms with E-state index in [4.69, 9.17) is 11.5 Å². The van der Waals surface area contributed by atoms with E-state index < -0.39 is 0 Å². The molecule has 0 atom stereocenters. The van der Waals surface area contributed by atoms with Crippen LogP contribution in [0.5, 0.6) is 0 Å². The van der Waals surface area contributed by atoms with Gasteiger partial charge in [-0.05, 0) is 61.8 Å². The first-order valence-electron chi connectivity index (χ1n) is 8.31. The van der Waals surface area contributed by atoms with Gasteiger partial charge in [-0.1, -0.05) is 12.1 Å². The van der Waals surface area contributed by atoms with Gasteiger partial charge in [0.15, 0.2) is 0 Å². The number of nitrogens with zero attached hydrogens (tertiary/aromatic N) is 1. The van der Waals surface area contributed by atoms with Gasteiger partial charge in [0.25, 0.3) is 0 Å². The Bertz CT molecular complexity index is 813. The normalized spacial score (nSPS) is 18.6. The average molecular weight is 291 g/mol. The minimum absolute atomic E-state index is 0.628. The fourth-order valence-electron chi connectivity index (χ4n) is 4.08. The zero-order valence-corrected chi connectivity index (χ0v) is 12.6. The summed E-state index contributed by atoms with van der Waals surface area (Å²) in [4.78, 5) is 0. The largest absolute Gasteiger partial charge is 0.399 e. The summed E-state index contributed by atoms with van der Waals surface area (Å²) >= 11 is 0. The summed E-state index contributed by atoms with van der Waals surface area (Å²) in [5, 5.41) is 2.60. The quantitative estimate of drug-likeness (QED) is 0.706. The van der Waals surface area contributed by atoms with E-state index in [0.29, 0.717) is 6.04 Å². The fourth-order valence-corrected chi connectivity index (χ4v) is 4.08. The Morgan fingerprint density at radius 1 is 0.773 bits per heavy atom. The zero-order valence-electron chi connectivity index (χ0n) is 12.6. The molecule has 4 N–H and O–H groups in total. The molecule has 2 aliphatic carbocycles. The minimum Gasteiger partial charge on any atom is -0.399 e. The van der Waals surface area contributed by atoms with E-state index in [1.807, 2.05) is 12.1 Å². The SMILES string of the molecule is Nc1ccc2c3ccc(N)cc3n(C(C3CC3)C3CC3)c2c1. The lowest BCUT2D eigenvalue weighted by atomic mass is 10.1. The monoisotopic (exact) mass is 291 g/mol. The van der Waals surface area contributed by atoms with Crippen molar-refractivity contribution in [1.82, 2.24) is 4.57 Å². The van der Waals surface area contributed by atoms with Crippen LogP contribution in [0.3, 0.4) is 0 Å². The fraction of sp³-hybridized carbons (Fsp3) is 0.368. The van der Waals surface area contributed by atoms with E-state index in [-0.39, 0.29) is 0 Å². The zero-order chi connectivity index (χ0) is 14.8. The number of rotatable bonds is 3.